The molecule has 0 saturated heterocycles. The van der Waals surface area contributed by atoms with Crippen LogP contribution in [0.15, 0.2) is 40.1 Å². The Hall–Kier alpha value is -4.10. The van der Waals surface area contributed by atoms with Crippen molar-refractivity contribution in [3.63, 3.8) is 0 Å². The molecule has 3 N–H and O–H groups in total. The number of carbonyl (C=O) groups excluding carboxylic acids is 2. The zero-order valence-electron chi connectivity index (χ0n) is 19.2. The monoisotopic (exact) mass is 513 g/mol. The number of halogens is 4. The van der Waals surface area contributed by atoms with Gasteiger partial charge in [-0.1, -0.05) is 13.8 Å². The van der Waals surface area contributed by atoms with E-state index in [1.807, 2.05) is 13.8 Å². The molecule has 2 heterocycles. The van der Waals surface area contributed by atoms with Gasteiger partial charge < -0.3 is 19.9 Å². The zero-order valence-corrected chi connectivity index (χ0v) is 19.2. The van der Waals surface area contributed by atoms with Crippen LogP contribution in [-0.4, -0.2) is 45.5 Å². The van der Waals surface area contributed by atoms with Crippen molar-refractivity contribution in [2.45, 2.75) is 33.2 Å². The Morgan fingerprint density at radius 1 is 1.11 bits per heavy atom. The summed E-state index contributed by atoms with van der Waals surface area (Å²) in [6.07, 6.45) is -4.13. The van der Waals surface area contributed by atoms with Gasteiger partial charge in [-0.05, 0) is 36.6 Å². The van der Waals surface area contributed by atoms with Crippen molar-refractivity contribution >= 4 is 22.8 Å². The van der Waals surface area contributed by atoms with E-state index in [0.717, 1.165) is 0 Å². The number of carbonyl (C=O) groups is 2. The van der Waals surface area contributed by atoms with Crippen LogP contribution in [0.1, 0.15) is 30.8 Å². The number of nitrogens with zero attached hydrogens (tertiary/aromatic N) is 2. The number of ether oxygens (including phenoxy) is 1. The van der Waals surface area contributed by atoms with Crippen LogP contribution in [0.4, 0.5) is 22.4 Å². The van der Waals surface area contributed by atoms with E-state index in [1.165, 1.54) is 24.3 Å². The van der Waals surface area contributed by atoms with Crippen molar-refractivity contribution in [3.8, 4) is 5.75 Å². The lowest BCUT2D eigenvalue weighted by Gasteiger charge is -2.14. The minimum absolute atomic E-state index is 0.0133. The second-order valence-electron chi connectivity index (χ2n) is 8.25. The van der Waals surface area contributed by atoms with Crippen molar-refractivity contribution in [1.82, 2.24) is 24.8 Å². The summed E-state index contributed by atoms with van der Waals surface area (Å²) in [5, 5.41) is 5.42. The van der Waals surface area contributed by atoms with Crippen molar-refractivity contribution in [3.05, 3.63) is 62.8 Å². The average Bonchev–Trinajstić information content (AvgIpc) is 3.11. The molecule has 2 amide bonds. The van der Waals surface area contributed by atoms with Gasteiger partial charge >= 0.3 is 18.1 Å². The molecule has 3 aromatic rings. The number of amides is 2. The summed E-state index contributed by atoms with van der Waals surface area (Å²) in [5.74, 6) is -2.04. The summed E-state index contributed by atoms with van der Waals surface area (Å²) in [5.41, 5.74) is -1.55. The number of H-pyrrole nitrogens is 1. The van der Waals surface area contributed by atoms with Gasteiger partial charge in [-0.15, -0.1) is 13.2 Å². The van der Waals surface area contributed by atoms with Crippen LogP contribution in [0.2, 0.25) is 0 Å². The molecule has 0 aliphatic heterocycles. The van der Waals surface area contributed by atoms with Crippen LogP contribution < -0.4 is 26.6 Å². The molecule has 0 fully saturated rings. The predicted molar refractivity (Wildman–Crippen MR) is 120 cm³/mol. The maximum Gasteiger partial charge on any atom is 0.573 e. The third-order valence-corrected chi connectivity index (χ3v) is 4.92. The van der Waals surface area contributed by atoms with Gasteiger partial charge in [-0.3, -0.25) is 14.6 Å². The molecule has 3 rings (SSSR count). The summed E-state index contributed by atoms with van der Waals surface area (Å²) in [7, 11) is 0. The van der Waals surface area contributed by atoms with E-state index in [-0.39, 0.29) is 31.1 Å². The molecule has 14 heteroatoms. The summed E-state index contributed by atoms with van der Waals surface area (Å²) >= 11 is 0. The van der Waals surface area contributed by atoms with E-state index in [2.05, 4.69) is 15.4 Å². The second kappa shape index (κ2) is 10.7. The Bertz CT molecular complexity index is 1390. The molecule has 0 spiro atoms. The number of rotatable bonds is 8. The molecule has 0 aliphatic rings. The Balaban J connectivity index is 1.64. The Morgan fingerprint density at radius 2 is 1.81 bits per heavy atom. The molecule has 10 nitrogen and oxygen atoms in total. The van der Waals surface area contributed by atoms with Crippen LogP contribution in [0.5, 0.6) is 5.75 Å². The van der Waals surface area contributed by atoms with Gasteiger partial charge in [0, 0.05) is 30.5 Å². The highest BCUT2D eigenvalue weighted by atomic mass is 19.4. The second-order valence-corrected chi connectivity index (χ2v) is 8.25. The number of nitrogens with one attached hydrogen (secondary N) is 3. The molecule has 36 heavy (non-hydrogen) atoms. The molecule has 194 valence electrons. The van der Waals surface area contributed by atoms with Crippen molar-refractivity contribution in [2.24, 2.45) is 5.92 Å². The SMILES string of the molecule is CC(C)Cn1c(C(=O)NCCCNC(=O)n2cc(F)c(=O)[nH]c2=O)cc2cc(OC(F)(F)F)ccc21. The van der Waals surface area contributed by atoms with Gasteiger partial charge in [-0.2, -0.15) is 4.39 Å². The minimum atomic E-state index is -4.84. The van der Waals surface area contributed by atoms with E-state index in [9.17, 15) is 36.7 Å². The number of hydrogen-bond acceptors (Lipinski definition) is 5. The molecule has 0 saturated carbocycles. The number of benzene rings is 1. The topological polar surface area (TPSA) is 127 Å². The standard InChI is InChI=1S/C22H23F4N5O5/c1-12(2)10-30-16-5-4-14(36-22(24,25)26)8-13(16)9-17(30)19(33)27-6-3-7-28-20(34)31-11-15(23)18(32)29-21(31)35/h4-5,8-9,11-12H,3,6-7,10H2,1-2H3,(H,27,33)(H,28,34)(H,29,32,35). The van der Waals surface area contributed by atoms with E-state index >= 15 is 0 Å². The van der Waals surface area contributed by atoms with Crippen LogP contribution in [0, 0.1) is 11.7 Å². The van der Waals surface area contributed by atoms with Gasteiger partial charge in [-0.25, -0.2) is 14.2 Å². The lowest BCUT2D eigenvalue weighted by Crippen LogP contribution is -2.41. The number of aromatic nitrogens is 3. The quantitative estimate of drug-likeness (QED) is 0.315. The molecule has 0 radical (unpaired) electrons. The Kier molecular flexibility index (Phi) is 7.85. The maximum atomic E-state index is 13.3. The smallest absolute Gasteiger partial charge is 0.406 e. The van der Waals surface area contributed by atoms with Gasteiger partial charge in [0.25, 0.3) is 11.5 Å². The summed E-state index contributed by atoms with van der Waals surface area (Å²) in [6, 6.07) is 4.34. The third-order valence-electron chi connectivity index (χ3n) is 4.92. The van der Waals surface area contributed by atoms with Crippen molar-refractivity contribution < 1.29 is 31.9 Å². The first-order chi connectivity index (χ1) is 16.9. The number of aromatic amines is 1. The zero-order chi connectivity index (χ0) is 26.6. The lowest BCUT2D eigenvalue weighted by molar-refractivity contribution is -0.274. The van der Waals surface area contributed by atoms with Gasteiger partial charge in [0.15, 0.2) is 0 Å². The van der Waals surface area contributed by atoms with Gasteiger partial charge in [0.2, 0.25) is 5.82 Å². The maximum absolute atomic E-state index is 13.3. The molecule has 0 bridgehead atoms. The van der Waals surface area contributed by atoms with Crippen molar-refractivity contribution in [2.75, 3.05) is 13.1 Å². The largest absolute Gasteiger partial charge is 0.573 e. The first-order valence-electron chi connectivity index (χ1n) is 10.8. The van der Waals surface area contributed by atoms with E-state index in [4.69, 9.17) is 0 Å². The number of fused-ring (bicyclic) bond motifs is 1. The Morgan fingerprint density at radius 3 is 2.47 bits per heavy atom. The number of hydrogen-bond donors (Lipinski definition) is 3. The van der Waals surface area contributed by atoms with Gasteiger partial charge in [0.05, 0.1) is 6.20 Å². The van der Waals surface area contributed by atoms with Crippen molar-refractivity contribution in [1.29, 1.82) is 0 Å². The summed E-state index contributed by atoms with van der Waals surface area (Å²) < 4.78 is 57.0. The van der Waals surface area contributed by atoms with Crippen LogP contribution >= 0.6 is 0 Å². The fraction of sp³-hybridized carbons (Fsp3) is 0.364. The highest BCUT2D eigenvalue weighted by Crippen LogP contribution is 2.29. The summed E-state index contributed by atoms with van der Waals surface area (Å²) in [4.78, 5) is 49.1. The Labute approximate surface area is 200 Å². The number of alkyl halides is 3. The first-order valence-corrected chi connectivity index (χ1v) is 10.8. The average molecular weight is 513 g/mol. The molecule has 0 aliphatic carbocycles. The third kappa shape index (κ3) is 6.52. The molecular formula is C22H23F4N5O5. The molecular weight excluding hydrogens is 490 g/mol. The highest BCUT2D eigenvalue weighted by Gasteiger charge is 2.31. The summed E-state index contributed by atoms with van der Waals surface area (Å²) in [6.45, 7) is 4.42. The molecule has 1 aromatic carbocycles. The molecule has 0 atom stereocenters. The normalized spacial score (nSPS) is 11.6. The minimum Gasteiger partial charge on any atom is -0.406 e. The fourth-order valence-electron chi connectivity index (χ4n) is 3.46. The molecule has 2 aromatic heterocycles. The molecule has 0 unspecified atom stereocenters. The fourth-order valence-corrected chi connectivity index (χ4v) is 3.46. The van der Waals surface area contributed by atoms with Crippen LogP contribution in [0.3, 0.4) is 0 Å². The predicted octanol–water partition coefficient (Wildman–Crippen LogP) is 2.56. The highest BCUT2D eigenvalue weighted by molar-refractivity contribution is 5.99. The first kappa shape index (κ1) is 26.5. The van der Waals surface area contributed by atoms with E-state index in [0.29, 0.717) is 28.2 Å². The lowest BCUT2D eigenvalue weighted by atomic mass is 10.2. The van der Waals surface area contributed by atoms with Gasteiger partial charge in [0.1, 0.15) is 11.4 Å². The van der Waals surface area contributed by atoms with Crippen LogP contribution in [-0.2, 0) is 6.54 Å². The van der Waals surface area contributed by atoms with E-state index < -0.39 is 41.1 Å². The van der Waals surface area contributed by atoms with E-state index in [1.54, 1.807) is 9.55 Å². The van der Waals surface area contributed by atoms with Crippen LogP contribution in [0.25, 0.3) is 10.9 Å².